The Hall–Kier alpha value is -4.42. The van der Waals surface area contributed by atoms with E-state index in [2.05, 4.69) is 275 Å². The molecule has 5 aromatic rings. The van der Waals surface area contributed by atoms with Gasteiger partial charge in [-0.15, -0.1) is 0 Å². The van der Waals surface area contributed by atoms with E-state index >= 15 is 0 Å². The molecule has 0 radical (unpaired) electrons. The molecular weight excluding hydrogens is 817 g/mol. The SMILES string of the molecule is CC(C)(C)c1ccc(C2=CC(c3ccc(C(C)(C)C)cc3C(C)(C)C)=C(c3ccc(C(C)(C)C)cc3C(C)(C)C)C(c3ccccc3)C2c2ccc(C(C)(C)C)cc2C(C)(C)C)c(C(C)(C)C)c1. The maximum absolute atomic E-state index is 2.70. The minimum atomic E-state index is -0.133. The van der Waals surface area contributed by atoms with Gasteiger partial charge in [-0.1, -0.05) is 269 Å². The summed E-state index contributed by atoms with van der Waals surface area (Å²) in [5.41, 5.74) is 21.6. The van der Waals surface area contributed by atoms with Crippen LogP contribution in [0.25, 0.3) is 16.7 Å². The monoisotopic (exact) mass is 909 g/mol. The van der Waals surface area contributed by atoms with E-state index in [0.29, 0.717) is 0 Å². The van der Waals surface area contributed by atoms with Gasteiger partial charge in [0.25, 0.3) is 0 Å². The molecule has 364 valence electrons. The summed E-state index contributed by atoms with van der Waals surface area (Å²) in [4.78, 5) is 0. The van der Waals surface area contributed by atoms with Gasteiger partial charge in [0.2, 0.25) is 0 Å². The first kappa shape index (κ1) is 52.9. The summed E-state index contributed by atoms with van der Waals surface area (Å²) in [6.07, 6.45) is 2.70. The molecule has 0 aliphatic heterocycles. The Labute approximate surface area is 417 Å². The maximum atomic E-state index is 2.70. The van der Waals surface area contributed by atoms with Crippen LogP contribution in [0, 0.1) is 0 Å². The molecule has 5 aromatic carbocycles. The van der Waals surface area contributed by atoms with Crippen molar-refractivity contribution in [3.63, 3.8) is 0 Å². The zero-order valence-corrected chi connectivity index (χ0v) is 47.5. The Morgan fingerprint density at radius 1 is 0.294 bits per heavy atom. The molecule has 0 heterocycles. The third-order valence-electron chi connectivity index (χ3n) is 14.8. The van der Waals surface area contributed by atoms with Crippen molar-refractivity contribution >= 4 is 16.7 Å². The second-order valence-electron chi connectivity index (χ2n) is 28.9. The maximum Gasteiger partial charge on any atom is 0.0211 e. The van der Waals surface area contributed by atoms with Gasteiger partial charge in [0, 0.05) is 11.8 Å². The highest BCUT2D eigenvalue weighted by atomic mass is 14.5. The molecule has 0 saturated heterocycles. The van der Waals surface area contributed by atoms with Crippen LogP contribution < -0.4 is 0 Å². The quantitative estimate of drug-likeness (QED) is 0.165. The second-order valence-corrected chi connectivity index (χ2v) is 28.9. The smallest absolute Gasteiger partial charge is 0.0211 e. The molecule has 0 heteroatoms. The van der Waals surface area contributed by atoms with Crippen molar-refractivity contribution in [2.24, 2.45) is 0 Å². The summed E-state index contributed by atoms with van der Waals surface area (Å²) in [7, 11) is 0. The highest BCUT2D eigenvalue weighted by Gasteiger charge is 2.43. The molecule has 1 aliphatic carbocycles. The largest absolute Gasteiger partial charge is 0.0622 e. The predicted octanol–water partition coefficient (Wildman–Crippen LogP) is 19.6. The average molecular weight is 909 g/mol. The molecule has 6 rings (SSSR count). The zero-order valence-electron chi connectivity index (χ0n) is 47.5. The normalized spacial score (nSPS) is 17.1. The molecule has 0 fully saturated rings. The number of hydrogen-bond acceptors (Lipinski definition) is 0. The zero-order chi connectivity index (χ0) is 51.1. The van der Waals surface area contributed by atoms with Crippen molar-refractivity contribution in [1.29, 1.82) is 0 Å². The van der Waals surface area contributed by atoms with E-state index in [1.165, 1.54) is 89.0 Å². The minimum Gasteiger partial charge on any atom is -0.0622 e. The lowest BCUT2D eigenvalue weighted by atomic mass is 9.60. The standard InChI is InChI=1S/C68H92/c1-61(2,3)44-30-34-48(54(38-44)65(13,14)15)52-42-53(49-35-31-45(62(4,5)6)39-55(49)66(16,17)18)60(51-37-33-47(64(10,11)12)41-57(51)68(22,23)24)58(43-28-26-25-27-29-43)59(52)50-36-32-46(63(7,8)9)40-56(50)67(19,20)21/h25-42,58-59H,1-24H3. The Balaban J connectivity index is 2.00. The van der Waals surface area contributed by atoms with Gasteiger partial charge in [0.1, 0.15) is 0 Å². The van der Waals surface area contributed by atoms with Crippen molar-refractivity contribution in [1.82, 2.24) is 0 Å². The fourth-order valence-electron chi connectivity index (χ4n) is 10.5. The predicted molar refractivity (Wildman–Crippen MR) is 302 cm³/mol. The first-order valence-corrected chi connectivity index (χ1v) is 25.9. The molecule has 0 spiro atoms. The Morgan fingerprint density at radius 2 is 0.632 bits per heavy atom. The Kier molecular flexibility index (Phi) is 13.8. The fraction of sp³-hybridized carbons (Fsp3) is 0.500. The number of rotatable bonds is 5. The van der Waals surface area contributed by atoms with Crippen LogP contribution in [0.4, 0.5) is 0 Å². The van der Waals surface area contributed by atoms with E-state index in [9.17, 15) is 0 Å². The van der Waals surface area contributed by atoms with Crippen LogP contribution in [0.1, 0.15) is 250 Å². The van der Waals surface area contributed by atoms with Gasteiger partial charge in [-0.25, -0.2) is 0 Å². The molecule has 2 unspecified atom stereocenters. The molecule has 0 nitrogen and oxygen atoms in total. The van der Waals surface area contributed by atoms with Gasteiger partial charge in [0.05, 0.1) is 0 Å². The molecule has 0 bridgehead atoms. The van der Waals surface area contributed by atoms with Crippen molar-refractivity contribution in [3.8, 4) is 0 Å². The molecule has 0 amide bonds. The van der Waals surface area contributed by atoms with Gasteiger partial charge in [0.15, 0.2) is 0 Å². The first-order chi connectivity index (χ1) is 30.8. The van der Waals surface area contributed by atoms with Crippen LogP contribution in [0.2, 0.25) is 0 Å². The van der Waals surface area contributed by atoms with Gasteiger partial charge in [-0.3, -0.25) is 0 Å². The number of benzene rings is 5. The lowest BCUT2D eigenvalue weighted by Gasteiger charge is -2.43. The Morgan fingerprint density at radius 3 is 1.03 bits per heavy atom. The minimum absolute atomic E-state index is 0.00199. The third-order valence-corrected chi connectivity index (χ3v) is 14.8. The fourth-order valence-corrected chi connectivity index (χ4v) is 10.5. The van der Waals surface area contributed by atoms with Crippen LogP contribution in [0.5, 0.6) is 0 Å². The summed E-state index contributed by atoms with van der Waals surface area (Å²) in [5, 5.41) is 0. The molecule has 1 aliphatic rings. The van der Waals surface area contributed by atoms with Crippen LogP contribution in [-0.2, 0) is 43.3 Å². The first-order valence-electron chi connectivity index (χ1n) is 25.9. The lowest BCUT2D eigenvalue weighted by Crippen LogP contribution is -2.28. The van der Waals surface area contributed by atoms with Crippen LogP contribution >= 0.6 is 0 Å². The average Bonchev–Trinajstić information content (AvgIpc) is 3.19. The number of allylic oxidation sites excluding steroid dienone is 4. The summed E-state index contributed by atoms with van der Waals surface area (Å²) in [6, 6.07) is 41.7. The van der Waals surface area contributed by atoms with E-state index in [0.717, 1.165) is 0 Å². The topological polar surface area (TPSA) is 0 Å². The highest BCUT2D eigenvalue weighted by Crippen LogP contribution is 2.60. The van der Waals surface area contributed by atoms with Gasteiger partial charge in [-0.05, 0) is 138 Å². The summed E-state index contributed by atoms with van der Waals surface area (Å²) in [5.74, 6) is -0.0392. The van der Waals surface area contributed by atoms with Crippen molar-refractivity contribution < 1.29 is 0 Å². The van der Waals surface area contributed by atoms with Crippen molar-refractivity contribution in [3.05, 3.63) is 182 Å². The van der Waals surface area contributed by atoms with Crippen LogP contribution in [-0.4, -0.2) is 0 Å². The highest BCUT2D eigenvalue weighted by molar-refractivity contribution is 6.07. The van der Waals surface area contributed by atoms with E-state index in [-0.39, 0.29) is 55.2 Å². The van der Waals surface area contributed by atoms with Gasteiger partial charge in [-0.2, -0.15) is 0 Å². The van der Waals surface area contributed by atoms with Crippen molar-refractivity contribution in [2.75, 3.05) is 0 Å². The van der Waals surface area contributed by atoms with E-state index in [1.807, 2.05) is 0 Å². The molecule has 0 N–H and O–H groups in total. The van der Waals surface area contributed by atoms with Gasteiger partial charge < -0.3 is 0 Å². The van der Waals surface area contributed by atoms with E-state index in [4.69, 9.17) is 0 Å². The second kappa shape index (κ2) is 17.8. The summed E-state index contributed by atoms with van der Waals surface area (Å²) in [6.45, 7) is 57.3. The van der Waals surface area contributed by atoms with Crippen LogP contribution in [0.3, 0.4) is 0 Å². The van der Waals surface area contributed by atoms with E-state index in [1.54, 1.807) is 0 Å². The summed E-state index contributed by atoms with van der Waals surface area (Å²) >= 11 is 0. The molecular formula is C68H92. The summed E-state index contributed by atoms with van der Waals surface area (Å²) < 4.78 is 0. The molecule has 2 atom stereocenters. The third kappa shape index (κ3) is 11.0. The van der Waals surface area contributed by atoms with Crippen molar-refractivity contribution in [2.45, 2.75) is 221 Å². The van der Waals surface area contributed by atoms with E-state index < -0.39 is 0 Å². The lowest BCUT2D eigenvalue weighted by molar-refractivity contribution is 0.555. The van der Waals surface area contributed by atoms with Gasteiger partial charge >= 0.3 is 0 Å². The number of hydrogen-bond donors (Lipinski definition) is 0. The molecule has 0 aromatic heterocycles. The Bertz CT molecular complexity index is 2700. The van der Waals surface area contributed by atoms with Crippen LogP contribution in [0.15, 0.2) is 109 Å². The molecule has 68 heavy (non-hydrogen) atoms. The molecule has 0 saturated carbocycles.